The third-order valence-electron chi connectivity index (χ3n) is 2.58. The van der Waals surface area contributed by atoms with Crippen molar-refractivity contribution in [3.8, 4) is 0 Å². The fourth-order valence-electron chi connectivity index (χ4n) is 1.64. The van der Waals surface area contributed by atoms with Crippen molar-refractivity contribution in [2.45, 2.75) is 18.9 Å². The number of hydrogen-bond donors (Lipinski definition) is 3. The van der Waals surface area contributed by atoms with Gasteiger partial charge in [0.1, 0.15) is 28.5 Å². The molecule has 0 radical (unpaired) electrons. The standard InChI is InChI=1S/C10H12BrN5O2/c1-12-8-7(11)9(14-4-13-8)15-5-2-3-6(17)16-10(5)18/h4-5H,2-3H2,1H3,(H,16,17,18)(H2,12,13,14,15). The number of piperidine rings is 1. The minimum atomic E-state index is -0.460. The van der Waals surface area contributed by atoms with Crippen molar-refractivity contribution in [2.75, 3.05) is 17.7 Å². The smallest absolute Gasteiger partial charge is 0.249 e. The first-order chi connectivity index (χ1) is 8.61. The molecule has 0 aromatic carbocycles. The number of nitrogens with zero attached hydrogens (tertiary/aromatic N) is 2. The second-order valence-corrected chi connectivity index (χ2v) is 4.58. The number of anilines is 2. The summed E-state index contributed by atoms with van der Waals surface area (Å²) >= 11 is 3.35. The van der Waals surface area contributed by atoms with Gasteiger partial charge in [0.25, 0.3) is 0 Å². The highest BCUT2D eigenvalue weighted by molar-refractivity contribution is 9.10. The Balaban J connectivity index is 2.14. The lowest BCUT2D eigenvalue weighted by molar-refractivity contribution is -0.133. The molecule has 0 bridgehead atoms. The third-order valence-corrected chi connectivity index (χ3v) is 3.33. The van der Waals surface area contributed by atoms with Crippen molar-refractivity contribution in [1.29, 1.82) is 0 Å². The van der Waals surface area contributed by atoms with E-state index in [1.165, 1.54) is 6.33 Å². The van der Waals surface area contributed by atoms with Crippen LogP contribution < -0.4 is 16.0 Å². The van der Waals surface area contributed by atoms with Gasteiger partial charge in [-0.2, -0.15) is 0 Å². The number of amides is 2. The van der Waals surface area contributed by atoms with Gasteiger partial charge < -0.3 is 10.6 Å². The van der Waals surface area contributed by atoms with E-state index in [4.69, 9.17) is 0 Å². The van der Waals surface area contributed by atoms with Gasteiger partial charge in [0.05, 0.1) is 0 Å². The van der Waals surface area contributed by atoms with Crippen LogP contribution in [0.1, 0.15) is 12.8 Å². The van der Waals surface area contributed by atoms with Gasteiger partial charge in [-0.1, -0.05) is 0 Å². The fourth-order valence-corrected chi connectivity index (χ4v) is 2.16. The van der Waals surface area contributed by atoms with E-state index >= 15 is 0 Å². The van der Waals surface area contributed by atoms with Crippen LogP contribution in [0.5, 0.6) is 0 Å². The predicted molar refractivity (Wildman–Crippen MR) is 69.1 cm³/mol. The first kappa shape index (κ1) is 12.7. The average molecular weight is 314 g/mol. The normalized spacial score (nSPS) is 19.3. The molecule has 0 spiro atoms. The van der Waals surface area contributed by atoms with E-state index in [1.807, 2.05) is 0 Å². The zero-order valence-electron chi connectivity index (χ0n) is 9.66. The molecular formula is C10H12BrN5O2. The summed E-state index contributed by atoms with van der Waals surface area (Å²) in [5.74, 6) is 0.571. The van der Waals surface area contributed by atoms with Crippen LogP contribution in [-0.4, -0.2) is 34.9 Å². The lowest BCUT2D eigenvalue weighted by Gasteiger charge is -2.22. The molecule has 2 rings (SSSR count). The maximum absolute atomic E-state index is 11.6. The molecule has 1 aromatic rings. The molecule has 1 aliphatic heterocycles. The quantitative estimate of drug-likeness (QED) is 0.703. The number of carbonyl (C=O) groups is 2. The molecule has 0 aliphatic carbocycles. The van der Waals surface area contributed by atoms with Crippen LogP contribution in [-0.2, 0) is 9.59 Å². The van der Waals surface area contributed by atoms with Gasteiger partial charge in [0, 0.05) is 13.5 Å². The number of rotatable bonds is 3. The minimum Gasteiger partial charge on any atom is -0.372 e. The van der Waals surface area contributed by atoms with E-state index in [0.29, 0.717) is 29.0 Å². The third kappa shape index (κ3) is 2.58. The largest absolute Gasteiger partial charge is 0.372 e. The van der Waals surface area contributed by atoms with Crippen molar-refractivity contribution in [3.63, 3.8) is 0 Å². The Labute approximate surface area is 112 Å². The molecule has 1 saturated heterocycles. The second-order valence-electron chi connectivity index (χ2n) is 3.78. The molecule has 2 heterocycles. The first-order valence-electron chi connectivity index (χ1n) is 5.40. The summed E-state index contributed by atoms with van der Waals surface area (Å²) in [6.07, 6.45) is 2.17. The van der Waals surface area contributed by atoms with Crippen LogP contribution in [0.3, 0.4) is 0 Å². The number of carbonyl (C=O) groups excluding carboxylic acids is 2. The van der Waals surface area contributed by atoms with Crippen molar-refractivity contribution in [1.82, 2.24) is 15.3 Å². The number of imide groups is 1. The zero-order chi connectivity index (χ0) is 13.1. The summed E-state index contributed by atoms with van der Waals surface area (Å²) in [7, 11) is 1.74. The van der Waals surface area contributed by atoms with Crippen LogP contribution in [0.4, 0.5) is 11.6 Å². The first-order valence-corrected chi connectivity index (χ1v) is 6.19. The molecule has 0 saturated carbocycles. The number of halogens is 1. The molecule has 1 aliphatic rings. The van der Waals surface area contributed by atoms with Gasteiger partial charge >= 0.3 is 0 Å². The molecule has 1 aromatic heterocycles. The molecule has 18 heavy (non-hydrogen) atoms. The molecule has 7 nitrogen and oxygen atoms in total. The van der Waals surface area contributed by atoms with Gasteiger partial charge in [-0.3, -0.25) is 14.9 Å². The van der Waals surface area contributed by atoms with Gasteiger partial charge in [0.2, 0.25) is 11.8 Å². The SMILES string of the molecule is CNc1ncnc(NC2CCC(=O)NC2=O)c1Br. The Morgan fingerprint density at radius 1 is 1.39 bits per heavy atom. The highest BCUT2D eigenvalue weighted by atomic mass is 79.9. The average Bonchev–Trinajstić information content (AvgIpc) is 2.35. The Kier molecular flexibility index (Phi) is 3.75. The maximum atomic E-state index is 11.6. The predicted octanol–water partition coefficient (Wildman–Crippen LogP) is 0.498. The van der Waals surface area contributed by atoms with Crippen LogP contribution >= 0.6 is 15.9 Å². The van der Waals surface area contributed by atoms with Crippen molar-refractivity contribution >= 4 is 39.4 Å². The second kappa shape index (κ2) is 5.30. The van der Waals surface area contributed by atoms with Gasteiger partial charge in [-0.05, 0) is 22.4 Å². The van der Waals surface area contributed by atoms with E-state index in [-0.39, 0.29) is 11.8 Å². The number of nitrogens with one attached hydrogen (secondary N) is 3. The Bertz CT molecular complexity index is 493. The Morgan fingerprint density at radius 2 is 2.11 bits per heavy atom. The van der Waals surface area contributed by atoms with Crippen LogP contribution in [0.25, 0.3) is 0 Å². The lowest BCUT2D eigenvalue weighted by Crippen LogP contribution is -2.47. The van der Waals surface area contributed by atoms with E-state index in [2.05, 4.69) is 41.8 Å². The summed E-state index contributed by atoms with van der Waals surface area (Å²) < 4.78 is 0.650. The Morgan fingerprint density at radius 3 is 2.78 bits per heavy atom. The molecule has 3 N–H and O–H groups in total. The molecule has 96 valence electrons. The molecule has 1 fully saturated rings. The molecule has 1 atom stereocenters. The number of aromatic nitrogens is 2. The molecule has 8 heteroatoms. The lowest BCUT2D eigenvalue weighted by atomic mass is 10.1. The summed E-state index contributed by atoms with van der Waals surface area (Å²) in [5.41, 5.74) is 0. The van der Waals surface area contributed by atoms with Crippen LogP contribution in [0.15, 0.2) is 10.8 Å². The summed E-state index contributed by atoms with van der Waals surface area (Å²) in [6, 6.07) is -0.460. The van der Waals surface area contributed by atoms with E-state index < -0.39 is 6.04 Å². The van der Waals surface area contributed by atoms with Gasteiger partial charge in [0.15, 0.2) is 0 Å². The fraction of sp³-hybridized carbons (Fsp3) is 0.400. The minimum absolute atomic E-state index is 0.240. The maximum Gasteiger partial charge on any atom is 0.249 e. The van der Waals surface area contributed by atoms with E-state index in [9.17, 15) is 9.59 Å². The van der Waals surface area contributed by atoms with Gasteiger partial charge in [-0.15, -0.1) is 0 Å². The van der Waals surface area contributed by atoms with Crippen molar-refractivity contribution in [2.24, 2.45) is 0 Å². The number of hydrogen-bond acceptors (Lipinski definition) is 6. The highest BCUT2D eigenvalue weighted by Crippen LogP contribution is 2.27. The highest BCUT2D eigenvalue weighted by Gasteiger charge is 2.27. The summed E-state index contributed by atoms with van der Waals surface area (Å²) in [5, 5.41) is 8.17. The Hall–Kier alpha value is -1.70. The zero-order valence-corrected chi connectivity index (χ0v) is 11.2. The van der Waals surface area contributed by atoms with Crippen LogP contribution in [0.2, 0.25) is 0 Å². The van der Waals surface area contributed by atoms with E-state index in [1.54, 1.807) is 7.05 Å². The van der Waals surface area contributed by atoms with Crippen molar-refractivity contribution in [3.05, 3.63) is 10.8 Å². The molecular weight excluding hydrogens is 302 g/mol. The molecule has 1 unspecified atom stereocenters. The van der Waals surface area contributed by atoms with Gasteiger partial charge in [-0.25, -0.2) is 9.97 Å². The van der Waals surface area contributed by atoms with E-state index in [0.717, 1.165) is 0 Å². The van der Waals surface area contributed by atoms with Crippen molar-refractivity contribution < 1.29 is 9.59 Å². The summed E-state index contributed by atoms with van der Waals surface area (Å²) in [6.45, 7) is 0. The monoisotopic (exact) mass is 313 g/mol. The molecule has 2 amide bonds. The summed E-state index contributed by atoms with van der Waals surface area (Å²) in [4.78, 5) is 30.7. The topological polar surface area (TPSA) is 96.0 Å². The van der Waals surface area contributed by atoms with Crippen LogP contribution in [0, 0.1) is 0 Å².